The van der Waals surface area contributed by atoms with Gasteiger partial charge < -0.3 is 19.7 Å². The van der Waals surface area contributed by atoms with Crippen LogP contribution in [0.3, 0.4) is 0 Å². The number of carbonyl (C=O) groups is 3. The van der Waals surface area contributed by atoms with E-state index in [1.807, 2.05) is 30.3 Å². The first-order valence-electron chi connectivity index (χ1n) is 9.70. The number of nitrogens with zero attached hydrogens (tertiary/aromatic N) is 1. The average Bonchev–Trinajstić information content (AvgIpc) is 2.74. The fourth-order valence-electron chi connectivity index (χ4n) is 3.19. The summed E-state index contributed by atoms with van der Waals surface area (Å²) in [6.07, 6.45) is -0.176. The van der Waals surface area contributed by atoms with Gasteiger partial charge in [-0.2, -0.15) is 0 Å². The second-order valence-corrected chi connectivity index (χ2v) is 7.59. The van der Waals surface area contributed by atoms with Gasteiger partial charge in [-0.25, -0.2) is 0 Å². The van der Waals surface area contributed by atoms with Crippen molar-refractivity contribution in [2.75, 3.05) is 19.7 Å². The first-order valence-corrected chi connectivity index (χ1v) is 10.5. The number of carbonyl (C=O) groups excluding carboxylic acids is 3. The van der Waals surface area contributed by atoms with Gasteiger partial charge >= 0.3 is 5.97 Å². The second-order valence-electron chi connectivity index (χ2n) is 6.73. The van der Waals surface area contributed by atoms with Gasteiger partial charge in [0.25, 0.3) is 5.91 Å². The van der Waals surface area contributed by atoms with Crippen LogP contribution >= 0.6 is 15.9 Å². The number of amides is 2. The predicted octanol–water partition coefficient (Wildman–Crippen LogP) is 2.92. The predicted molar refractivity (Wildman–Crippen MR) is 114 cm³/mol. The number of hydrogen-bond acceptors (Lipinski definition) is 5. The first kappa shape index (κ1) is 21.8. The smallest absolute Gasteiger partial charge is 0.308 e. The number of esters is 1. The Morgan fingerprint density at radius 3 is 2.67 bits per heavy atom. The van der Waals surface area contributed by atoms with Crippen LogP contribution in [0.1, 0.15) is 29.3 Å². The molecule has 1 fully saturated rings. The summed E-state index contributed by atoms with van der Waals surface area (Å²) in [7, 11) is 0. The van der Waals surface area contributed by atoms with Gasteiger partial charge in [0.1, 0.15) is 18.4 Å². The molecule has 0 bridgehead atoms. The summed E-state index contributed by atoms with van der Waals surface area (Å²) >= 11 is 3.45. The summed E-state index contributed by atoms with van der Waals surface area (Å²) in [5.41, 5.74) is 1.43. The molecule has 7 nitrogen and oxygen atoms in total. The Bertz CT molecular complexity index is 919. The Kier molecular flexibility index (Phi) is 7.46. The molecule has 2 aromatic rings. The molecule has 2 aromatic carbocycles. The number of piperazine rings is 1. The molecule has 1 aliphatic rings. The molecule has 0 radical (unpaired) electrons. The van der Waals surface area contributed by atoms with Crippen molar-refractivity contribution in [3.05, 3.63) is 64.1 Å². The first-order chi connectivity index (χ1) is 14.5. The van der Waals surface area contributed by atoms with Gasteiger partial charge in [0.2, 0.25) is 5.91 Å². The quantitative estimate of drug-likeness (QED) is 0.623. The second kappa shape index (κ2) is 10.2. The Balaban J connectivity index is 1.72. The summed E-state index contributed by atoms with van der Waals surface area (Å²) in [4.78, 5) is 38.7. The van der Waals surface area contributed by atoms with Crippen LogP contribution in [0, 0.1) is 0 Å². The highest BCUT2D eigenvalue weighted by Gasteiger charge is 2.35. The Hall–Kier alpha value is -2.87. The molecule has 0 aliphatic carbocycles. The zero-order chi connectivity index (χ0) is 21.5. The van der Waals surface area contributed by atoms with Crippen LogP contribution in [-0.2, 0) is 20.9 Å². The molecule has 1 aliphatic heterocycles. The van der Waals surface area contributed by atoms with E-state index in [9.17, 15) is 14.4 Å². The molecule has 1 heterocycles. The summed E-state index contributed by atoms with van der Waals surface area (Å²) < 4.78 is 11.4. The Morgan fingerprint density at radius 1 is 1.20 bits per heavy atom. The summed E-state index contributed by atoms with van der Waals surface area (Å²) in [5, 5.41) is 2.70. The van der Waals surface area contributed by atoms with E-state index in [1.165, 1.54) is 4.90 Å². The highest BCUT2D eigenvalue weighted by atomic mass is 79.9. The highest BCUT2D eigenvalue weighted by molar-refractivity contribution is 9.10. The van der Waals surface area contributed by atoms with Crippen molar-refractivity contribution < 1.29 is 23.9 Å². The maximum atomic E-state index is 13.1. The molecule has 0 saturated carbocycles. The fraction of sp³-hybridized carbons (Fsp3) is 0.318. The molecule has 1 unspecified atom stereocenters. The van der Waals surface area contributed by atoms with Gasteiger partial charge in [-0.05, 0) is 46.6 Å². The molecule has 0 aromatic heterocycles. The van der Waals surface area contributed by atoms with Crippen LogP contribution in [0.4, 0.5) is 0 Å². The number of rotatable bonds is 7. The molecule has 3 rings (SSSR count). The van der Waals surface area contributed by atoms with E-state index in [-0.39, 0.29) is 24.8 Å². The van der Waals surface area contributed by atoms with Gasteiger partial charge in [-0.15, -0.1) is 0 Å². The van der Waals surface area contributed by atoms with Crippen molar-refractivity contribution in [3.8, 4) is 5.75 Å². The molecule has 0 spiro atoms. The lowest BCUT2D eigenvalue weighted by molar-refractivity contribution is -0.147. The lowest BCUT2D eigenvalue weighted by atomic mass is 10.1. The van der Waals surface area contributed by atoms with E-state index >= 15 is 0 Å². The fourth-order valence-corrected chi connectivity index (χ4v) is 3.68. The van der Waals surface area contributed by atoms with E-state index in [0.29, 0.717) is 35.5 Å². The lowest BCUT2D eigenvalue weighted by Crippen LogP contribution is -2.57. The monoisotopic (exact) mass is 474 g/mol. The van der Waals surface area contributed by atoms with Crippen LogP contribution < -0.4 is 10.1 Å². The third-order valence-electron chi connectivity index (χ3n) is 4.67. The zero-order valence-electron chi connectivity index (χ0n) is 16.6. The van der Waals surface area contributed by atoms with Crippen LogP contribution in [0.15, 0.2) is 53.0 Å². The van der Waals surface area contributed by atoms with Crippen LogP contribution in [0.2, 0.25) is 0 Å². The third-order valence-corrected chi connectivity index (χ3v) is 5.29. The Labute approximate surface area is 183 Å². The Morgan fingerprint density at radius 2 is 1.97 bits per heavy atom. The summed E-state index contributed by atoms with van der Waals surface area (Å²) in [6.45, 7) is 2.97. The van der Waals surface area contributed by atoms with Gasteiger partial charge in [-0.1, -0.05) is 30.3 Å². The average molecular weight is 475 g/mol. The van der Waals surface area contributed by atoms with Crippen molar-refractivity contribution in [1.29, 1.82) is 0 Å². The number of halogens is 1. The minimum atomic E-state index is -0.891. The molecule has 1 atom stereocenters. The minimum absolute atomic E-state index is 0.176. The molecular formula is C22H23BrN2O5. The van der Waals surface area contributed by atoms with Gasteiger partial charge in [0, 0.05) is 18.7 Å². The van der Waals surface area contributed by atoms with Gasteiger partial charge in [-0.3, -0.25) is 14.4 Å². The van der Waals surface area contributed by atoms with Crippen molar-refractivity contribution >= 4 is 33.7 Å². The van der Waals surface area contributed by atoms with Gasteiger partial charge in [0.15, 0.2) is 0 Å². The highest BCUT2D eigenvalue weighted by Crippen LogP contribution is 2.28. The van der Waals surface area contributed by atoms with E-state index in [1.54, 1.807) is 25.1 Å². The maximum absolute atomic E-state index is 13.1. The standard InChI is InChI=1S/C22H23BrN2O5/c1-2-29-20(26)13-18-21(27)24-10-11-25(18)22(28)16-8-9-19(17(23)12-16)30-14-15-6-4-3-5-7-15/h3-9,12,18H,2,10-11,13-14H2,1H3,(H,24,27). The maximum Gasteiger partial charge on any atom is 0.308 e. The summed E-state index contributed by atoms with van der Waals surface area (Å²) in [5.74, 6) is -0.586. The van der Waals surface area contributed by atoms with Crippen LogP contribution in [0.25, 0.3) is 0 Å². The lowest BCUT2D eigenvalue weighted by Gasteiger charge is -2.34. The van der Waals surface area contributed by atoms with Crippen LogP contribution in [-0.4, -0.2) is 48.4 Å². The number of benzene rings is 2. The van der Waals surface area contributed by atoms with Crippen LogP contribution in [0.5, 0.6) is 5.75 Å². The summed E-state index contributed by atoms with van der Waals surface area (Å²) in [6, 6.07) is 13.9. The number of nitrogens with one attached hydrogen (secondary N) is 1. The van der Waals surface area contributed by atoms with Crippen molar-refractivity contribution in [3.63, 3.8) is 0 Å². The van der Waals surface area contributed by atoms with Crippen molar-refractivity contribution in [2.24, 2.45) is 0 Å². The van der Waals surface area contributed by atoms with Crippen molar-refractivity contribution in [1.82, 2.24) is 10.2 Å². The number of hydrogen-bond donors (Lipinski definition) is 1. The molecule has 1 N–H and O–H groups in total. The number of ether oxygens (including phenoxy) is 2. The molecule has 158 valence electrons. The van der Waals surface area contributed by atoms with E-state index in [4.69, 9.17) is 9.47 Å². The third kappa shape index (κ3) is 5.38. The molecule has 30 heavy (non-hydrogen) atoms. The topological polar surface area (TPSA) is 84.9 Å². The van der Waals surface area contributed by atoms with Gasteiger partial charge in [0.05, 0.1) is 17.5 Å². The normalized spacial score (nSPS) is 16.0. The zero-order valence-corrected chi connectivity index (χ0v) is 18.2. The van der Waals surface area contributed by atoms with Crippen molar-refractivity contribution in [2.45, 2.75) is 26.0 Å². The van der Waals surface area contributed by atoms with E-state index < -0.39 is 12.0 Å². The largest absolute Gasteiger partial charge is 0.488 e. The molecule has 1 saturated heterocycles. The van der Waals surface area contributed by atoms with E-state index in [2.05, 4.69) is 21.2 Å². The molecule has 8 heteroatoms. The van der Waals surface area contributed by atoms with E-state index in [0.717, 1.165) is 5.56 Å². The molecular weight excluding hydrogens is 452 g/mol. The minimum Gasteiger partial charge on any atom is -0.488 e. The molecule has 2 amide bonds. The SMILES string of the molecule is CCOC(=O)CC1C(=O)NCCN1C(=O)c1ccc(OCc2ccccc2)c(Br)c1.